The van der Waals surface area contributed by atoms with E-state index in [1.807, 2.05) is 7.05 Å². The highest BCUT2D eigenvalue weighted by Gasteiger charge is 2.54. The topological polar surface area (TPSA) is 81.7 Å². The lowest BCUT2D eigenvalue weighted by molar-refractivity contribution is -0.0740. The van der Waals surface area contributed by atoms with Gasteiger partial charge in [-0.1, -0.05) is 0 Å². The predicted octanol–water partition coefficient (Wildman–Crippen LogP) is 0.801. The van der Waals surface area contributed by atoms with Gasteiger partial charge in [0, 0.05) is 12.5 Å². The summed E-state index contributed by atoms with van der Waals surface area (Å²) < 4.78 is 0. The van der Waals surface area contributed by atoms with Crippen molar-refractivity contribution in [2.24, 2.45) is 36.1 Å². The Morgan fingerprint density at radius 3 is 2.30 bits per heavy atom. The highest BCUT2D eigenvalue weighted by Crippen LogP contribution is 2.61. The molecular formula is C14H24N6. The summed E-state index contributed by atoms with van der Waals surface area (Å²) in [4.78, 5) is 1.53. The summed E-state index contributed by atoms with van der Waals surface area (Å²) in [5.74, 6) is 9.54. The average Bonchev–Trinajstić information content (AvgIpc) is 2.80. The maximum atomic E-state index is 5.92. The maximum absolute atomic E-state index is 5.92. The molecule has 0 aliphatic heterocycles. The molecule has 20 heavy (non-hydrogen) atoms. The van der Waals surface area contributed by atoms with Crippen molar-refractivity contribution in [1.82, 2.24) is 25.6 Å². The smallest absolute Gasteiger partial charge is 0.176 e. The number of nitrogens with two attached hydrogens (primary N) is 1. The van der Waals surface area contributed by atoms with Crippen molar-refractivity contribution in [2.75, 3.05) is 0 Å². The van der Waals surface area contributed by atoms with E-state index in [4.69, 9.17) is 5.84 Å². The normalized spacial score (nSPS) is 40.2. The number of hydrazine groups is 1. The van der Waals surface area contributed by atoms with Gasteiger partial charge < -0.3 is 0 Å². The third-order valence-electron chi connectivity index (χ3n) is 5.96. The first-order valence-corrected chi connectivity index (χ1v) is 7.86. The van der Waals surface area contributed by atoms with Crippen LogP contribution in [-0.2, 0) is 13.5 Å². The van der Waals surface area contributed by atoms with Crippen molar-refractivity contribution in [1.29, 1.82) is 0 Å². The first kappa shape index (κ1) is 12.7. The fraction of sp³-hybridized carbons (Fsp3) is 0.929. The standard InChI is InChI=1S/C14H24N6/c1-20-18-13(17-19-20)5-12(16-15)14-6-9-2-10(7-14)4-11(3-9)8-14/h9-12,16H,2-8,15H2,1H3. The Kier molecular flexibility index (Phi) is 2.86. The van der Waals surface area contributed by atoms with Crippen LogP contribution in [0.15, 0.2) is 0 Å². The van der Waals surface area contributed by atoms with Gasteiger partial charge in [-0.05, 0) is 66.9 Å². The Bertz CT molecular complexity index is 460. The van der Waals surface area contributed by atoms with Gasteiger partial charge in [0.15, 0.2) is 5.82 Å². The molecule has 1 atom stereocenters. The number of aromatic nitrogens is 4. The summed E-state index contributed by atoms with van der Waals surface area (Å²) in [7, 11) is 1.81. The molecule has 1 aromatic rings. The van der Waals surface area contributed by atoms with Gasteiger partial charge in [-0.25, -0.2) is 0 Å². The average molecular weight is 276 g/mol. The van der Waals surface area contributed by atoms with Crippen LogP contribution in [0.5, 0.6) is 0 Å². The molecule has 5 rings (SSSR count). The van der Waals surface area contributed by atoms with E-state index in [-0.39, 0.29) is 0 Å². The quantitative estimate of drug-likeness (QED) is 0.628. The van der Waals surface area contributed by atoms with Crippen LogP contribution in [0, 0.1) is 23.2 Å². The molecule has 1 heterocycles. The van der Waals surface area contributed by atoms with E-state index in [0.29, 0.717) is 11.5 Å². The molecule has 1 aromatic heterocycles. The number of nitrogens with zero attached hydrogens (tertiary/aromatic N) is 4. The van der Waals surface area contributed by atoms with Gasteiger partial charge >= 0.3 is 0 Å². The van der Waals surface area contributed by atoms with E-state index >= 15 is 0 Å². The summed E-state index contributed by atoms with van der Waals surface area (Å²) in [6.45, 7) is 0. The molecule has 0 saturated heterocycles. The second-order valence-corrected chi connectivity index (χ2v) is 7.40. The first-order chi connectivity index (χ1) is 9.67. The SMILES string of the molecule is Cn1nnc(CC(NN)C23CC4CC(CC(C4)C2)C3)n1. The van der Waals surface area contributed by atoms with Crippen LogP contribution < -0.4 is 11.3 Å². The minimum Gasteiger partial charge on any atom is -0.271 e. The van der Waals surface area contributed by atoms with Gasteiger partial charge in [-0.2, -0.15) is 4.80 Å². The number of hydrogen-bond acceptors (Lipinski definition) is 5. The van der Waals surface area contributed by atoms with E-state index in [0.717, 1.165) is 30.0 Å². The molecule has 4 fully saturated rings. The summed E-state index contributed by atoms with van der Waals surface area (Å²) in [5.41, 5.74) is 3.48. The fourth-order valence-electron chi connectivity index (χ4n) is 5.64. The lowest BCUT2D eigenvalue weighted by atomic mass is 9.47. The number of rotatable bonds is 4. The van der Waals surface area contributed by atoms with Crippen molar-refractivity contribution in [2.45, 2.75) is 51.0 Å². The number of nitrogens with one attached hydrogen (secondary N) is 1. The maximum Gasteiger partial charge on any atom is 0.176 e. The van der Waals surface area contributed by atoms with Crippen molar-refractivity contribution < 1.29 is 0 Å². The van der Waals surface area contributed by atoms with Crippen LogP contribution in [0.25, 0.3) is 0 Å². The van der Waals surface area contributed by atoms with E-state index < -0.39 is 0 Å². The van der Waals surface area contributed by atoms with Gasteiger partial charge in [0.25, 0.3) is 0 Å². The molecule has 0 aromatic carbocycles. The van der Waals surface area contributed by atoms with E-state index in [9.17, 15) is 0 Å². The van der Waals surface area contributed by atoms with Crippen molar-refractivity contribution in [3.63, 3.8) is 0 Å². The molecule has 4 aliphatic rings. The third kappa shape index (κ3) is 1.97. The monoisotopic (exact) mass is 276 g/mol. The van der Waals surface area contributed by atoms with Crippen LogP contribution >= 0.6 is 0 Å². The molecule has 6 heteroatoms. The molecule has 4 saturated carbocycles. The van der Waals surface area contributed by atoms with Gasteiger partial charge in [-0.15, -0.1) is 10.2 Å². The van der Waals surface area contributed by atoms with Crippen molar-refractivity contribution in [3.8, 4) is 0 Å². The summed E-state index contributed by atoms with van der Waals surface area (Å²) >= 11 is 0. The van der Waals surface area contributed by atoms with Crippen LogP contribution in [0.2, 0.25) is 0 Å². The number of aryl methyl sites for hydroxylation is 1. The van der Waals surface area contributed by atoms with Crippen molar-refractivity contribution >= 4 is 0 Å². The number of hydrogen-bond donors (Lipinski definition) is 2. The highest BCUT2D eigenvalue weighted by molar-refractivity contribution is 5.07. The molecule has 0 amide bonds. The fourth-order valence-corrected chi connectivity index (χ4v) is 5.64. The Morgan fingerprint density at radius 1 is 1.25 bits per heavy atom. The zero-order chi connectivity index (χ0) is 13.7. The number of tetrazole rings is 1. The van der Waals surface area contributed by atoms with E-state index in [1.165, 1.54) is 43.3 Å². The van der Waals surface area contributed by atoms with Crippen LogP contribution in [-0.4, -0.2) is 26.2 Å². The molecule has 6 nitrogen and oxygen atoms in total. The summed E-state index contributed by atoms with van der Waals surface area (Å²) in [6.07, 6.45) is 9.20. The van der Waals surface area contributed by atoms with Crippen LogP contribution in [0.4, 0.5) is 0 Å². The first-order valence-electron chi connectivity index (χ1n) is 7.86. The Morgan fingerprint density at radius 2 is 1.85 bits per heavy atom. The lowest BCUT2D eigenvalue weighted by Gasteiger charge is -2.59. The Labute approximate surface area is 119 Å². The van der Waals surface area contributed by atoms with Gasteiger partial charge in [0.2, 0.25) is 0 Å². The largest absolute Gasteiger partial charge is 0.271 e. The third-order valence-corrected chi connectivity index (χ3v) is 5.96. The predicted molar refractivity (Wildman–Crippen MR) is 74.2 cm³/mol. The second kappa shape index (κ2) is 4.49. The van der Waals surface area contributed by atoms with Gasteiger partial charge in [0.05, 0.1) is 7.05 Å². The van der Waals surface area contributed by atoms with Gasteiger partial charge in [-0.3, -0.25) is 11.3 Å². The van der Waals surface area contributed by atoms with Crippen LogP contribution in [0.1, 0.15) is 44.3 Å². The summed E-state index contributed by atoms with van der Waals surface area (Å²) in [6, 6.07) is 0.292. The van der Waals surface area contributed by atoms with Gasteiger partial charge in [0.1, 0.15) is 0 Å². The minimum atomic E-state index is 0.292. The van der Waals surface area contributed by atoms with E-state index in [2.05, 4.69) is 20.8 Å². The second-order valence-electron chi connectivity index (χ2n) is 7.40. The molecule has 4 bridgehead atoms. The Balaban J connectivity index is 1.57. The molecular weight excluding hydrogens is 252 g/mol. The van der Waals surface area contributed by atoms with Crippen LogP contribution in [0.3, 0.4) is 0 Å². The van der Waals surface area contributed by atoms with E-state index in [1.54, 1.807) is 0 Å². The zero-order valence-corrected chi connectivity index (χ0v) is 12.1. The molecule has 110 valence electrons. The summed E-state index contributed by atoms with van der Waals surface area (Å²) in [5, 5.41) is 12.4. The lowest BCUT2D eigenvalue weighted by Crippen LogP contribution is -2.58. The molecule has 0 radical (unpaired) electrons. The van der Waals surface area contributed by atoms with Crippen molar-refractivity contribution in [3.05, 3.63) is 5.82 Å². The highest BCUT2D eigenvalue weighted by atomic mass is 15.6. The zero-order valence-electron chi connectivity index (χ0n) is 12.1. The Hall–Kier alpha value is -1.01. The molecule has 1 unspecified atom stereocenters. The molecule has 0 spiro atoms. The molecule has 3 N–H and O–H groups in total. The molecule has 4 aliphatic carbocycles. The minimum absolute atomic E-state index is 0.292.